The van der Waals surface area contributed by atoms with Crippen LogP contribution in [-0.2, 0) is 44.9 Å². The molecule has 0 saturated heterocycles. The molecule has 6 nitrogen and oxygen atoms in total. The van der Waals surface area contributed by atoms with E-state index in [2.05, 4.69) is 22.3 Å². The summed E-state index contributed by atoms with van der Waals surface area (Å²) in [6.45, 7) is 14.2. The number of carbonyl (C=O) groups excluding carboxylic acids is 2. The van der Waals surface area contributed by atoms with Crippen molar-refractivity contribution >= 4 is 12.4 Å². The monoisotopic (exact) mass is 664 g/mol. The number of hydrogen-bond donors (Lipinski definition) is 1. The molecular weight excluding hydrogens is 607 g/mol. The maximum atomic E-state index is 11.9. The minimum atomic E-state index is -0.373. The zero-order chi connectivity index (χ0) is 26.1. The molecule has 0 saturated carbocycles. The van der Waals surface area contributed by atoms with Gasteiger partial charge in [0.2, 0.25) is 5.91 Å². The van der Waals surface area contributed by atoms with Crippen molar-refractivity contribution in [3.05, 3.63) is 5.32 Å². The van der Waals surface area contributed by atoms with Gasteiger partial charge < -0.3 is 24.9 Å². The molecular formula is C28H56HfN2O4-2. The first-order chi connectivity index (χ1) is 16.1. The summed E-state index contributed by atoms with van der Waals surface area (Å²) < 4.78 is 10.0. The minimum absolute atomic E-state index is 0. The zero-order valence-electron chi connectivity index (χ0n) is 24.1. The summed E-state index contributed by atoms with van der Waals surface area (Å²) in [5.41, 5.74) is -0.607. The van der Waals surface area contributed by atoms with Gasteiger partial charge in [0.25, 0.3) is 0 Å². The molecule has 0 aliphatic carbocycles. The fourth-order valence-electron chi connectivity index (χ4n) is 3.33. The molecule has 1 amide bonds. The van der Waals surface area contributed by atoms with E-state index in [9.17, 15) is 9.59 Å². The molecule has 7 heteroatoms. The van der Waals surface area contributed by atoms with E-state index in [-0.39, 0.29) is 43.0 Å². The van der Waals surface area contributed by atoms with Crippen LogP contribution < -0.4 is 5.32 Å². The largest absolute Gasteiger partial charge is 0.649 e. The van der Waals surface area contributed by atoms with Crippen molar-refractivity contribution in [2.24, 2.45) is 0 Å². The summed E-state index contributed by atoms with van der Waals surface area (Å²) >= 11 is 0. The smallest absolute Gasteiger partial charge is 0.219 e. The molecule has 0 radical (unpaired) electrons. The van der Waals surface area contributed by atoms with Gasteiger partial charge in [-0.1, -0.05) is 90.4 Å². The molecule has 0 spiro atoms. The van der Waals surface area contributed by atoms with E-state index in [0.717, 1.165) is 12.8 Å². The third-order valence-corrected chi connectivity index (χ3v) is 5.49. The number of rotatable bonds is 21. The molecule has 0 aromatic rings. The summed E-state index contributed by atoms with van der Waals surface area (Å²) in [5.74, 6) is 0.175. The van der Waals surface area contributed by atoms with Crippen LogP contribution in [0.4, 0.5) is 0 Å². The van der Waals surface area contributed by atoms with Gasteiger partial charge in [-0.3, -0.25) is 4.79 Å². The third kappa shape index (κ3) is 36.0. The predicted octanol–water partition coefficient (Wildman–Crippen LogP) is 7.60. The minimum Gasteiger partial charge on any atom is -0.649 e. The molecule has 1 N–H and O–H groups in total. The molecule has 0 unspecified atom stereocenters. The average molecular weight is 663 g/mol. The molecule has 0 bridgehead atoms. The summed E-state index contributed by atoms with van der Waals surface area (Å²) in [4.78, 5) is 21.3. The van der Waals surface area contributed by atoms with Crippen LogP contribution in [0.3, 0.4) is 0 Å². The second-order valence-corrected chi connectivity index (χ2v) is 10.7. The Balaban J connectivity index is -0.00000111. The topological polar surface area (TPSA) is 78.7 Å². The fourth-order valence-corrected chi connectivity index (χ4v) is 3.33. The normalized spacial score (nSPS) is 11.2. The van der Waals surface area contributed by atoms with E-state index in [4.69, 9.17) is 4.74 Å². The van der Waals surface area contributed by atoms with Gasteiger partial charge in [-0.2, -0.15) is 7.05 Å². The van der Waals surface area contributed by atoms with Crippen molar-refractivity contribution in [2.45, 2.75) is 149 Å². The number of nitrogens with one attached hydrogen (secondary N) is 1. The molecule has 0 rings (SSSR count). The van der Waals surface area contributed by atoms with E-state index in [1.54, 1.807) is 27.8 Å². The van der Waals surface area contributed by atoms with Crippen LogP contribution in [0.2, 0.25) is 0 Å². The van der Waals surface area contributed by atoms with E-state index in [1.165, 1.54) is 83.5 Å². The van der Waals surface area contributed by atoms with Gasteiger partial charge in [-0.05, 0) is 54.2 Å². The summed E-state index contributed by atoms with van der Waals surface area (Å²) in [6.07, 6.45) is 18.8. The summed E-state index contributed by atoms with van der Waals surface area (Å²) in [7, 11) is 1.74. The Bertz CT molecular complexity index is 468. The van der Waals surface area contributed by atoms with Crippen LogP contribution in [0.15, 0.2) is 0 Å². The van der Waals surface area contributed by atoms with Crippen LogP contribution >= 0.6 is 0 Å². The third-order valence-electron chi connectivity index (χ3n) is 5.49. The molecule has 0 aromatic carbocycles. The van der Waals surface area contributed by atoms with Crippen molar-refractivity contribution in [1.29, 1.82) is 0 Å². The van der Waals surface area contributed by atoms with Crippen molar-refractivity contribution in [2.75, 3.05) is 20.3 Å². The van der Waals surface area contributed by atoms with Gasteiger partial charge in [0, 0.05) is 38.8 Å². The number of amides is 1. The molecule has 208 valence electrons. The van der Waals surface area contributed by atoms with Crippen LogP contribution in [0.1, 0.15) is 138 Å². The maximum absolute atomic E-state index is 11.9. The van der Waals surface area contributed by atoms with E-state index in [1.807, 2.05) is 13.8 Å². The van der Waals surface area contributed by atoms with Crippen LogP contribution in [0.25, 0.3) is 5.32 Å². The fraction of sp³-hybridized carbons (Fsp3) is 0.929. The number of carbonyl (C=O) groups is 1. The summed E-state index contributed by atoms with van der Waals surface area (Å²) in [5, 5.41) is 6.96. The van der Waals surface area contributed by atoms with E-state index >= 15 is 0 Å². The van der Waals surface area contributed by atoms with Crippen molar-refractivity contribution < 1.29 is 44.9 Å². The number of ether oxygens (including phenoxy) is 2. The van der Waals surface area contributed by atoms with Gasteiger partial charge >= 0.3 is 0 Å². The number of unbranched alkanes of at least 4 members (excludes halogenated alkanes) is 12. The van der Waals surface area contributed by atoms with Gasteiger partial charge in [-0.15, -0.1) is 0 Å². The molecule has 0 fully saturated rings. The van der Waals surface area contributed by atoms with Crippen molar-refractivity contribution in [3.8, 4) is 0 Å². The second-order valence-electron chi connectivity index (χ2n) is 10.7. The van der Waals surface area contributed by atoms with Gasteiger partial charge in [0.15, 0.2) is 0 Å². The first-order valence-corrected chi connectivity index (χ1v) is 13.6. The van der Waals surface area contributed by atoms with Crippen LogP contribution in [0.5, 0.6) is 0 Å². The van der Waals surface area contributed by atoms with Crippen LogP contribution in [0, 0.1) is 0 Å². The molecule has 0 atom stereocenters. The molecule has 0 heterocycles. The zero-order valence-corrected chi connectivity index (χ0v) is 27.7. The van der Waals surface area contributed by atoms with Crippen molar-refractivity contribution in [1.82, 2.24) is 5.32 Å². The number of hydrogen-bond acceptors (Lipinski definition) is 4. The molecule has 0 aromatic heterocycles. The Morgan fingerprint density at radius 3 is 1.66 bits per heavy atom. The second kappa shape index (κ2) is 26.8. The number of nitrogens with zero attached hydrogens (tertiary/aromatic N) is 1. The Morgan fingerprint density at radius 1 is 0.829 bits per heavy atom. The molecule has 35 heavy (non-hydrogen) atoms. The predicted molar refractivity (Wildman–Crippen MR) is 144 cm³/mol. The van der Waals surface area contributed by atoms with E-state index < -0.39 is 0 Å². The Morgan fingerprint density at radius 2 is 1.29 bits per heavy atom. The van der Waals surface area contributed by atoms with E-state index in [0.29, 0.717) is 19.7 Å². The Hall–Kier alpha value is -0.270. The van der Waals surface area contributed by atoms with Gasteiger partial charge in [0.1, 0.15) is 0 Å². The molecule has 0 aliphatic heterocycles. The van der Waals surface area contributed by atoms with Crippen molar-refractivity contribution in [3.63, 3.8) is 0 Å². The Labute approximate surface area is 236 Å². The standard InChI is InChI=1S/C23H47N2O2.C5H9O2.Hf/c1-5-6-7-8-9-10-11-12-13-14-15-16-17-18-22(26)25-20-19-23(2,3)27-21-24-4;1-5(2,3)7-4-6;/h5-21H2,1-4H3,(H,25,26);1-3H3;/q2*-1;. The average Bonchev–Trinajstić information content (AvgIpc) is 2.75. The quantitative estimate of drug-likeness (QED) is 0.0780. The molecule has 0 aliphatic rings. The summed E-state index contributed by atoms with van der Waals surface area (Å²) in [6, 6.07) is 0. The maximum Gasteiger partial charge on any atom is 0.219 e. The van der Waals surface area contributed by atoms with Gasteiger partial charge in [-0.25, -0.2) is 0 Å². The first-order valence-electron chi connectivity index (χ1n) is 13.6. The first kappa shape index (κ1) is 39.2. The SMILES string of the molecule is CC(C)(C)O[C-]=O.CCCCCCCCCCCCCCCC(=O)NCCC(C)(C)OC[N-]C.[Hf]. The van der Waals surface area contributed by atoms with Gasteiger partial charge in [0.05, 0.1) is 11.2 Å². The van der Waals surface area contributed by atoms with Crippen LogP contribution in [-0.4, -0.2) is 43.9 Å². The Kier molecular flexibility index (Phi) is 30.0.